The average molecular weight is 281 g/mol. The average Bonchev–Trinajstić information content (AvgIpc) is 2.65. The minimum absolute atomic E-state index is 0.562. The zero-order valence-electron chi connectivity index (χ0n) is 8.98. The molecule has 0 aliphatic carbocycles. The highest BCUT2D eigenvalue weighted by atomic mass is 79.9. The molecule has 0 fully saturated rings. The van der Waals surface area contributed by atoms with Crippen LogP contribution in [0.3, 0.4) is 0 Å². The van der Waals surface area contributed by atoms with Crippen molar-refractivity contribution in [1.29, 1.82) is 0 Å². The molecule has 84 valence electrons. The molecule has 0 aliphatic heterocycles. The molecule has 3 heteroatoms. The van der Waals surface area contributed by atoms with Gasteiger partial charge in [-0.05, 0) is 36.8 Å². The number of aliphatic hydroxyl groups excluding tert-OH is 1. The SMILES string of the molecule is Cc1ccc(C(O)Cc2cccc(Br)c2)o1. The van der Waals surface area contributed by atoms with Gasteiger partial charge in [-0.1, -0.05) is 28.1 Å². The fraction of sp³-hybridized carbons (Fsp3) is 0.231. The Labute approximate surface area is 103 Å². The number of hydrogen-bond donors (Lipinski definition) is 1. The molecule has 0 amide bonds. The molecule has 0 bridgehead atoms. The van der Waals surface area contributed by atoms with Crippen LogP contribution in [0.2, 0.25) is 0 Å². The Bertz CT molecular complexity index is 476. The van der Waals surface area contributed by atoms with Crippen LogP contribution in [-0.4, -0.2) is 5.11 Å². The Morgan fingerprint density at radius 2 is 2.12 bits per heavy atom. The van der Waals surface area contributed by atoms with Crippen molar-refractivity contribution < 1.29 is 9.52 Å². The minimum Gasteiger partial charge on any atom is -0.464 e. The lowest BCUT2D eigenvalue weighted by molar-refractivity contribution is 0.149. The first-order chi connectivity index (χ1) is 7.65. The van der Waals surface area contributed by atoms with E-state index in [4.69, 9.17) is 4.42 Å². The predicted octanol–water partition coefficient (Wildman–Crippen LogP) is 3.63. The Morgan fingerprint density at radius 1 is 1.31 bits per heavy atom. The van der Waals surface area contributed by atoms with Crippen LogP contribution < -0.4 is 0 Å². The van der Waals surface area contributed by atoms with E-state index in [-0.39, 0.29) is 0 Å². The molecule has 0 saturated heterocycles. The summed E-state index contributed by atoms with van der Waals surface area (Å²) in [7, 11) is 0. The van der Waals surface area contributed by atoms with E-state index in [1.165, 1.54) is 0 Å². The van der Waals surface area contributed by atoms with Gasteiger partial charge in [0.05, 0.1) is 0 Å². The molecule has 0 spiro atoms. The summed E-state index contributed by atoms with van der Waals surface area (Å²) in [5, 5.41) is 9.97. The molecule has 2 rings (SSSR count). The summed E-state index contributed by atoms with van der Waals surface area (Å²) in [6.45, 7) is 1.87. The third kappa shape index (κ3) is 2.74. The van der Waals surface area contributed by atoms with Crippen molar-refractivity contribution in [3.63, 3.8) is 0 Å². The second-order valence-electron chi connectivity index (χ2n) is 3.80. The number of halogens is 1. The molecule has 1 aromatic heterocycles. The Morgan fingerprint density at radius 3 is 2.75 bits per heavy atom. The van der Waals surface area contributed by atoms with Gasteiger partial charge in [0.1, 0.15) is 17.6 Å². The second-order valence-corrected chi connectivity index (χ2v) is 4.71. The standard InChI is InChI=1S/C13H13BrO2/c1-9-5-6-13(16-9)12(15)8-10-3-2-4-11(14)7-10/h2-7,12,15H,8H2,1H3. The quantitative estimate of drug-likeness (QED) is 0.932. The maximum atomic E-state index is 9.97. The maximum Gasteiger partial charge on any atom is 0.132 e. The fourth-order valence-electron chi connectivity index (χ4n) is 1.62. The van der Waals surface area contributed by atoms with Crippen LogP contribution in [0.25, 0.3) is 0 Å². The van der Waals surface area contributed by atoms with Crippen LogP contribution in [0, 0.1) is 6.92 Å². The minimum atomic E-state index is -0.581. The van der Waals surface area contributed by atoms with E-state index in [1.807, 2.05) is 43.3 Å². The summed E-state index contributed by atoms with van der Waals surface area (Å²) in [6.07, 6.45) is -0.0187. The van der Waals surface area contributed by atoms with Gasteiger partial charge in [-0.2, -0.15) is 0 Å². The van der Waals surface area contributed by atoms with E-state index in [1.54, 1.807) is 0 Å². The Kier molecular flexibility index (Phi) is 3.46. The number of aliphatic hydroxyl groups is 1. The molecular formula is C13H13BrO2. The van der Waals surface area contributed by atoms with Gasteiger partial charge in [0, 0.05) is 10.9 Å². The van der Waals surface area contributed by atoms with Crippen LogP contribution in [-0.2, 0) is 6.42 Å². The van der Waals surface area contributed by atoms with Crippen LogP contribution in [0.1, 0.15) is 23.2 Å². The van der Waals surface area contributed by atoms with Gasteiger partial charge in [-0.3, -0.25) is 0 Å². The van der Waals surface area contributed by atoms with Crippen LogP contribution in [0.15, 0.2) is 45.3 Å². The smallest absolute Gasteiger partial charge is 0.132 e. The zero-order valence-corrected chi connectivity index (χ0v) is 10.6. The summed E-state index contributed by atoms with van der Waals surface area (Å²) in [6, 6.07) is 11.6. The normalized spacial score (nSPS) is 12.7. The van der Waals surface area contributed by atoms with Crippen molar-refractivity contribution in [3.8, 4) is 0 Å². The molecule has 2 nitrogen and oxygen atoms in total. The van der Waals surface area contributed by atoms with E-state index in [2.05, 4.69) is 15.9 Å². The van der Waals surface area contributed by atoms with Crippen molar-refractivity contribution in [3.05, 3.63) is 58.0 Å². The summed E-state index contributed by atoms with van der Waals surface area (Å²) in [5.74, 6) is 1.45. The molecule has 1 heterocycles. The van der Waals surface area contributed by atoms with E-state index < -0.39 is 6.10 Å². The number of aryl methyl sites for hydroxylation is 1. The molecular weight excluding hydrogens is 268 g/mol. The van der Waals surface area contributed by atoms with Gasteiger partial charge < -0.3 is 9.52 Å². The monoisotopic (exact) mass is 280 g/mol. The highest BCUT2D eigenvalue weighted by molar-refractivity contribution is 9.10. The van der Waals surface area contributed by atoms with Gasteiger partial charge in [-0.15, -0.1) is 0 Å². The second kappa shape index (κ2) is 4.85. The first kappa shape index (κ1) is 11.4. The molecule has 1 atom stereocenters. The first-order valence-electron chi connectivity index (χ1n) is 5.14. The lowest BCUT2D eigenvalue weighted by Gasteiger charge is -2.08. The maximum absolute atomic E-state index is 9.97. The zero-order chi connectivity index (χ0) is 11.5. The molecule has 0 aliphatic rings. The number of benzene rings is 1. The molecule has 0 radical (unpaired) electrons. The van der Waals surface area contributed by atoms with Gasteiger partial charge in [0.15, 0.2) is 0 Å². The van der Waals surface area contributed by atoms with E-state index in [0.29, 0.717) is 12.2 Å². The largest absolute Gasteiger partial charge is 0.464 e. The van der Waals surface area contributed by atoms with Crippen molar-refractivity contribution in [1.82, 2.24) is 0 Å². The summed E-state index contributed by atoms with van der Waals surface area (Å²) in [4.78, 5) is 0. The van der Waals surface area contributed by atoms with Crippen molar-refractivity contribution in [2.75, 3.05) is 0 Å². The summed E-state index contributed by atoms with van der Waals surface area (Å²) >= 11 is 3.41. The highest BCUT2D eigenvalue weighted by Gasteiger charge is 2.12. The van der Waals surface area contributed by atoms with Crippen LogP contribution in [0.5, 0.6) is 0 Å². The van der Waals surface area contributed by atoms with E-state index >= 15 is 0 Å². The molecule has 0 saturated carbocycles. The van der Waals surface area contributed by atoms with E-state index in [9.17, 15) is 5.11 Å². The number of rotatable bonds is 3. The highest BCUT2D eigenvalue weighted by Crippen LogP contribution is 2.22. The molecule has 16 heavy (non-hydrogen) atoms. The van der Waals surface area contributed by atoms with E-state index in [0.717, 1.165) is 15.8 Å². The third-order valence-corrected chi connectivity index (χ3v) is 2.90. The summed E-state index contributed by atoms with van der Waals surface area (Å²) < 4.78 is 6.41. The predicted molar refractivity (Wildman–Crippen MR) is 66.3 cm³/mol. The van der Waals surface area contributed by atoms with Gasteiger partial charge >= 0.3 is 0 Å². The van der Waals surface area contributed by atoms with Gasteiger partial charge in [0.25, 0.3) is 0 Å². The Hall–Kier alpha value is -1.06. The molecule has 1 aromatic carbocycles. The van der Waals surface area contributed by atoms with Crippen molar-refractivity contribution in [2.24, 2.45) is 0 Å². The van der Waals surface area contributed by atoms with Crippen LogP contribution >= 0.6 is 15.9 Å². The molecule has 2 aromatic rings. The lowest BCUT2D eigenvalue weighted by Crippen LogP contribution is -2.00. The van der Waals surface area contributed by atoms with Gasteiger partial charge in [-0.25, -0.2) is 0 Å². The Balaban J connectivity index is 2.10. The number of hydrogen-bond acceptors (Lipinski definition) is 2. The summed E-state index contributed by atoms with van der Waals surface area (Å²) in [5.41, 5.74) is 1.08. The van der Waals surface area contributed by atoms with Crippen molar-refractivity contribution in [2.45, 2.75) is 19.4 Å². The topological polar surface area (TPSA) is 33.4 Å². The fourth-order valence-corrected chi connectivity index (χ4v) is 2.07. The lowest BCUT2D eigenvalue weighted by atomic mass is 10.1. The molecule has 1 unspecified atom stereocenters. The number of furan rings is 1. The van der Waals surface area contributed by atoms with Crippen LogP contribution in [0.4, 0.5) is 0 Å². The first-order valence-corrected chi connectivity index (χ1v) is 5.93. The van der Waals surface area contributed by atoms with Gasteiger partial charge in [0.2, 0.25) is 0 Å². The van der Waals surface area contributed by atoms with Crippen molar-refractivity contribution >= 4 is 15.9 Å². The third-order valence-electron chi connectivity index (χ3n) is 2.41. The molecule has 1 N–H and O–H groups in total.